The number of sulfone groups is 1. The van der Waals surface area contributed by atoms with Gasteiger partial charge in [0.15, 0.2) is 9.84 Å². The van der Waals surface area contributed by atoms with E-state index in [-0.39, 0.29) is 23.4 Å². The molecule has 11 heteroatoms. The molecular formula is C30H29F3N2O5S. The van der Waals surface area contributed by atoms with Gasteiger partial charge >= 0.3 is 12.1 Å². The number of aliphatic hydroxyl groups excluding tert-OH is 1. The number of aliphatic hydroxyl groups is 1. The topological polar surface area (TPSA) is 95.0 Å². The van der Waals surface area contributed by atoms with Gasteiger partial charge in [-0.05, 0) is 58.9 Å². The molecule has 2 atom stereocenters. The maximum absolute atomic E-state index is 14.4. The van der Waals surface area contributed by atoms with Crippen molar-refractivity contribution in [1.29, 1.82) is 0 Å². The lowest BCUT2D eigenvalue weighted by atomic mass is 9.71. The van der Waals surface area contributed by atoms with Gasteiger partial charge in [-0.2, -0.15) is 13.2 Å². The minimum absolute atomic E-state index is 0.00963. The maximum Gasteiger partial charge on any atom is 0.471 e. The summed E-state index contributed by atoms with van der Waals surface area (Å²) in [7, 11) is -3.64. The van der Waals surface area contributed by atoms with E-state index >= 15 is 0 Å². The second-order valence-corrected chi connectivity index (χ2v) is 12.9. The van der Waals surface area contributed by atoms with E-state index in [0.29, 0.717) is 28.1 Å². The van der Waals surface area contributed by atoms with Gasteiger partial charge in [0.2, 0.25) is 5.91 Å². The third kappa shape index (κ3) is 4.61. The molecule has 0 saturated carbocycles. The number of para-hydroxylation sites is 1. The van der Waals surface area contributed by atoms with Crippen molar-refractivity contribution >= 4 is 33.0 Å². The highest BCUT2D eigenvalue weighted by Crippen LogP contribution is 2.55. The highest BCUT2D eigenvalue weighted by atomic mass is 32.2. The molecule has 2 aliphatic rings. The molecule has 3 aromatic carbocycles. The van der Waals surface area contributed by atoms with Crippen molar-refractivity contribution in [3.63, 3.8) is 0 Å². The van der Waals surface area contributed by atoms with Crippen LogP contribution in [-0.4, -0.2) is 55.3 Å². The van der Waals surface area contributed by atoms with Gasteiger partial charge in [0.05, 0.1) is 28.6 Å². The maximum atomic E-state index is 14.4. The van der Waals surface area contributed by atoms with Crippen LogP contribution < -0.4 is 4.90 Å². The second-order valence-electron chi connectivity index (χ2n) is 10.9. The molecule has 1 saturated heterocycles. The SMILES string of the molecule is CC(C)C1N(C(=O)C(F)(F)F)CCC12C(=O)N(c1cccc(-c3ccc(CO)c(S(C)(=O)=O)c3)c1)c1ccccc12. The van der Waals surface area contributed by atoms with Gasteiger partial charge in [0, 0.05) is 18.5 Å². The molecule has 0 radical (unpaired) electrons. The lowest BCUT2D eigenvalue weighted by Gasteiger charge is -2.37. The van der Waals surface area contributed by atoms with E-state index in [2.05, 4.69) is 0 Å². The Hall–Kier alpha value is -3.70. The average Bonchev–Trinajstić information content (AvgIpc) is 3.44. The summed E-state index contributed by atoms with van der Waals surface area (Å²) in [5.41, 5.74) is 1.58. The summed E-state index contributed by atoms with van der Waals surface area (Å²) in [6, 6.07) is 17.5. The zero-order valence-corrected chi connectivity index (χ0v) is 23.5. The zero-order chi connectivity index (χ0) is 29.9. The molecule has 7 nitrogen and oxygen atoms in total. The fourth-order valence-corrected chi connectivity index (χ4v) is 7.41. The summed E-state index contributed by atoms with van der Waals surface area (Å²) in [4.78, 5) is 29.2. The van der Waals surface area contributed by atoms with Crippen molar-refractivity contribution in [3.8, 4) is 11.1 Å². The Kier molecular flexibility index (Phi) is 7.02. The number of halogens is 3. The summed E-state index contributed by atoms with van der Waals surface area (Å²) < 4.78 is 65.4. The lowest BCUT2D eigenvalue weighted by Crippen LogP contribution is -2.54. The number of alkyl halides is 3. The number of anilines is 2. The summed E-state index contributed by atoms with van der Waals surface area (Å²) in [6.07, 6.45) is -3.96. The molecule has 2 unspecified atom stereocenters. The van der Waals surface area contributed by atoms with Gasteiger partial charge in [-0.15, -0.1) is 0 Å². The van der Waals surface area contributed by atoms with Crippen molar-refractivity contribution < 1.29 is 36.3 Å². The van der Waals surface area contributed by atoms with Crippen LogP contribution in [0.1, 0.15) is 31.4 Å². The van der Waals surface area contributed by atoms with E-state index in [1.807, 2.05) is 0 Å². The van der Waals surface area contributed by atoms with E-state index < -0.39 is 51.8 Å². The third-order valence-electron chi connectivity index (χ3n) is 8.01. The molecule has 2 amide bonds. The number of fused-ring (bicyclic) bond motifs is 2. The van der Waals surface area contributed by atoms with E-state index in [9.17, 15) is 36.3 Å². The summed E-state index contributed by atoms with van der Waals surface area (Å²) >= 11 is 0. The first-order valence-corrected chi connectivity index (χ1v) is 15.0. The van der Waals surface area contributed by atoms with Crippen LogP contribution in [-0.2, 0) is 31.4 Å². The van der Waals surface area contributed by atoms with Crippen molar-refractivity contribution in [1.82, 2.24) is 4.90 Å². The van der Waals surface area contributed by atoms with Crippen molar-refractivity contribution in [3.05, 3.63) is 77.9 Å². The van der Waals surface area contributed by atoms with E-state index in [4.69, 9.17) is 0 Å². The van der Waals surface area contributed by atoms with E-state index in [0.717, 1.165) is 11.2 Å². The molecule has 1 spiro atoms. The van der Waals surface area contributed by atoms with Crippen LogP contribution in [0.15, 0.2) is 71.6 Å². The monoisotopic (exact) mass is 586 g/mol. The normalized spacial score (nSPS) is 20.8. The van der Waals surface area contributed by atoms with Crippen LogP contribution in [0.5, 0.6) is 0 Å². The number of benzene rings is 3. The molecular weight excluding hydrogens is 557 g/mol. The van der Waals surface area contributed by atoms with Crippen LogP contribution in [0, 0.1) is 5.92 Å². The molecule has 0 aromatic heterocycles. The first kappa shape index (κ1) is 28.8. The van der Waals surface area contributed by atoms with Gasteiger partial charge in [-0.25, -0.2) is 8.42 Å². The largest absolute Gasteiger partial charge is 0.471 e. The van der Waals surface area contributed by atoms with Crippen LogP contribution >= 0.6 is 0 Å². The molecule has 216 valence electrons. The van der Waals surface area contributed by atoms with Gasteiger partial charge in [0.1, 0.15) is 0 Å². The molecule has 0 aliphatic carbocycles. The third-order valence-corrected chi connectivity index (χ3v) is 9.19. The number of hydrogen-bond acceptors (Lipinski definition) is 5. The van der Waals surface area contributed by atoms with Crippen molar-refractivity contribution in [2.75, 3.05) is 17.7 Å². The number of likely N-dealkylation sites (tertiary alicyclic amines) is 1. The fourth-order valence-electron chi connectivity index (χ4n) is 6.46. The van der Waals surface area contributed by atoms with Crippen LogP contribution in [0.25, 0.3) is 11.1 Å². The number of hydrogen-bond donors (Lipinski definition) is 1. The highest BCUT2D eigenvalue weighted by molar-refractivity contribution is 7.90. The number of carbonyl (C=O) groups excluding carboxylic acids is 2. The minimum atomic E-state index is -5.07. The van der Waals surface area contributed by atoms with E-state index in [1.54, 1.807) is 68.4 Å². The lowest BCUT2D eigenvalue weighted by molar-refractivity contribution is -0.187. The van der Waals surface area contributed by atoms with E-state index in [1.165, 1.54) is 17.0 Å². The first-order chi connectivity index (χ1) is 19.2. The first-order valence-electron chi connectivity index (χ1n) is 13.1. The summed E-state index contributed by atoms with van der Waals surface area (Å²) in [5, 5.41) is 9.62. The number of nitrogens with zero attached hydrogens (tertiary/aromatic N) is 2. The smallest absolute Gasteiger partial charge is 0.392 e. The zero-order valence-electron chi connectivity index (χ0n) is 22.6. The van der Waals surface area contributed by atoms with Crippen molar-refractivity contribution in [2.24, 2.45) is 5.92 Å². The molecule has 0 bridgehead atoms. The molecule has 1 fully saturated rings. The number of amides is 2. The Labute approximate surface area is 236 Å². The molecule has 41 heavy (non-hydrogen) atoms. The van der Waals surface area contributed by atoms with Gasteiger partial charge in [0.25, 0.3) is 0 Å². The molecule has 5 rings (SSSR count). The standard InChI is InChI=1S/C30H29F3N2O5S/c1-18(2)26-29(13-14-34(26)28(38)30(31,32)33)23-9-4-5-10-24(23)35(27(29)37)22-8-6-7-19(15-22)20-11-12-21(17-36)25(16-20)41(3,39)40/h4-12,15-16,18,26,36H,13-14,17H2,1-3H3. The Balaban J connectivity index is 1.63. The number of rotatable bonds is 5. The predicted molar refractivity (Wildman–Crippen MR) is 147 cm³/mol. The predicted octanol–water partition coefficient (Wildman–Crippen LogP) is 4.98. The highest BCUT2D eigenvalue weighted by Gasteiger charge is 2.64. The molecule has 2 heterocycles. The Morgan fingerprint density at radius 3 is 2.37 bits per heavy atom. The van der Waals surface area contributed by atoms with Gasteiger partial charge in [-0.3, -0.25) is 14.5 Å². The summed E-state index contributed by atoms with van der Waals surface area (Å²) in [6.45, 7) is 2.77. The van der Waals surface area contributed by atoms with Crippen LogP contribution in [0.2, 0.25) is 0 Å². The summed E-state index contributed by atoms with van der Waals surface area (Å²) in [5.74, 6) is -2.82. The molecule has 2 aliphatic heterocycles. The average molecular weight is 587 g/mol. The molecule has 3 aromatic rings. The second kappa shape index (κ2) is 9.99. The Morgan fingerprint density at radius 1 is 1.05 bits per heavy atom. The quantitative estimate of drug-likeness (QED) is 0.455. The van der Waals surface area contributed by atoms with Crippen LogP contribution in [0.4, 0.5) is 24.5 Å². The Morgan fingerprint density at radius 2 is 1.73 bits per heavy atom. The van der Waals surface area contributed by atoms with Crippen molar-refractivity contribution in [2.45, 2.75) is 49.4 Å². The number of carbonyl (C=O) groups is 2. The Bertz CT molecular complexity index is 1650. The fraction of sp³-hybridized carbons (Fsp3) is 0.333. The van der Waals surface area contributed by atoms with Gasteiger partial charge in [-0.1, -0.05) is 56.3 Å². The minimum Gasteiger partial charge on any atom is -0.392 e. The van der Waals surface area contributed by atoms with Crippen LogP contribution in [0.3, 0.4) is 0 Å². The molecule has 1 N–H and O–H groups in total. The van der Waals surface area contributed by atoms with Gasteiger partial charge < -0.3 is 10.0 Å².